The van der Waals surface area contributed by atoms with Gasteiger partial charge in [0.15, 0.2) is 0 Å². The lowest BCUT2D eigenvalue weighted by Gasteiger charge is -2.35. The van der Waals surface area contributed by atoms with Gasteiger partial charge in [0.2, 0.25) is 5.88 Å². The molecule has 10 fully saturated rings. The number of nitrogens with zero attached hydrogens (tertiary/aromatic N) is 19. The molecule has 0 aromatic carbocycles. The normalized spacial score (nSPS) is 21.4. The lowest BCUT2D eigenvalue weighted by Crippen LogP contribution is -2.45. The van der Waals surface area contributed by atoms with E-state index in [4.69, 9.17) is 64.9 Å². The van der Waals surface area contributed by atoms with Crippen LogP contribution in [0.15, 0.2) is 30.3 Å². The highest BCUT2D eigenvalue weighted by atomic mass is 35.5. The van der Waals surface area contributed by atoms with Crippen molar-refractivity contribution in [2.75, 3.05) is 122 Å². The standard InChI is InChI=1S/C23H30N4O2S.2C22H28N4O2S.C20H23ClN4O2S.C20H23N3O3S/c1-13-22(30-16(4)24-13)19-11-18-12-27(14(2)17-5-6-17)23(28)20(18)21(25-19)15(3)26-7-9-29-10-8-26;1-12-11-28-8-7-25(12)21-19-17(10-26(22(19)27)14(3)16-5-6-16)9-18(24-21)20-13(2)23-15(4)29-20;1-13-21(29-15(3)23-13)18-10-17-11-26(14(2)16-4-5-16)22(27)20(17)19(24-18)12-25-6-8-28-9-7-25;1-11(13-3-4-13)25-10-14-9-15(17-18(21)22-12(2)28-17)23-19(16(14)20(25)26)24-5-7-27-8-6-24;1-10-18(27-12(3)21-10)16-6-14-7-23(11(2)13-4-5-13)20(24)17(14)19(22-16)26-15-8-25-9-15/h11,14-15,17H,5-10,12H2,1-4H3;9,12,14,16H,5-8,10-11H2,1-4H3;10,14,16H,4-9,11-12H2,1-3H3;9,11,13H,3-8,10H2,1-2H3;6,11,13,15H,4-5,7-9H2,1-3H3/t14-,15?;12-,14+;14-;2*11-/m01000/s1. The average Bonchev–Trinajstić information content (AvgIpc) is 1.60. The maximum absolute atomic E-state index is 13.5. The van der Waals surface area contributed by atoms with Crippen molar-refractivity contribution < 1.29 is 52.4 Å². The number of ether oxygens (including phenoxy) is 6. The highest BCUT2D eigenvalue weighted by Crippen LogP contribution is 2.50. The largest absolute Gasteiger partial charge is 0.469 e. The second-order valence-corrected chi connectivity index (χ2v) is 48.1. The number of fused-ring (bicyclic) bond motifs is 5. The summed E-state index contributed by atoms with van der Waals surface area (Å²) in [6.45, 7) is 49.9. The summed E-state index contributed by atoms with van der Waals surface area (Å²) in [7, 11) is 0. The Kier molecular flexibility index (Phi) is 28.8. The quantitative estimate of drug-likeness (QED) is 0.0574. The Bertz CT molecular complexity index is 6530. The number of morpholine rings is 4. The topological polar surface area (TPSA) is 299 Å². The Morgan fingerprint density at radius 2 is 0.706 bits per heavy atom. The van der Waals surface area contributed by atoms with Crippen LogP contribution >= 0.6 is 68.3 Å². The van der Waals surface area contributed by atoms with Gasteiger partial charge in [0.05, 0.1) is 212 Å². The molecule has 10 aromatic heterocycles. The van der Waals surface area contributed by atoms with Gasteiger partial charge in [-0.1, -0.05) is 11.6 Å². The van der Waals surface area contributed by atoms with E-state index < -0.39 is 0 Å². The molecule has 143 heavy (non-hydrogen) atoms. The highest BCUT2D eigenvalue weighted by molar-refractivity contribution is 7.16. The monoisotopic (exact) mass is 2050 g/mol. The van der Waals surface area contributed by atoms with Crippen molar-refractivity contribution in [1.29, 1.82) is 0 Å². The van der Waals surface area contributed by atoms with E-state index in [2.05, 4.69) is 132 Å². The number of aryl methyl sites for hydroxylation is 9. The minimum absolute atomic E-state index is 0.0242. The van der Waals surface area contributed by atoms with E-state index >= 15 is 0 Å². The van der Waals surface area contributed by atoms with Crippen LogP contribution in [-0.4, -0.2) is 268 Å². The van der Waals surface area contributed by atoms with Crippen LogP contribution in [0.25, 0.3) is 52.9 Å². The summed E-state index contributed by atoms with van der Waals surface area (Å²) in [6, 6.07) is 12.2. The predicted molar refractivity (Wildman–Crippen MR) is 557 cm³/mol. The Morgan fingerprint density at radius 3 is 1.11 bits per heavy atom. The van der Waals surface area contributed by atoms with E-state index in [1.54, 1.807) is 56.7 Å². The lowest BCUT2D eigenvalue weighted by molar-refractivity contribution is -0.0814. The van der Waals surface area contributed by atoms with Gasteiger partial charge >= 0.3 is 0 Å². The number of rotatable bonds is 23. The number of hydrogen-bond donors (Lipinski definition) is 0. The Balaban J connectivity index is 0.000000106. The molecule has 10 aliphatic heterocycles. The van der Waals surface area contributed by atoms with Gasteiger partial charge in [-0.3, -0.25) is 33.8 Å². The van der Waals surface area contributed by atoms with Crippen LogP contribution in [-0.2, 0) is 63.0 Å². The third-order valence-corrected chi connectivity index (χ3v) is 37.1. The third-order valence-electron chi connectivity index (χ3n) is 31.4. The second-order valence-electron chi connectivity index (χ2n) is 41.7. The molecule has 0 bridgehead atoms. The first-order chi connectivity index (χ1) is 68.9. The molecule has 36 heteroatoms. The average molecular weight is 2060 g/mol. The van der Waals surface area contributed by atoms with Crippen LogP contribution < -0.4 is 14.5 Å². The molecule has 758 valence electrons. The zero-order valence-electron chi connectivity index (χ0n) is 85.1. The van der Waals surface area contributed by atoms with Gasteiger partial charge in [-0.05, 0) is 263 Å². The van der Waals surface area contributed by atoms with E-state index in [9.17, 15) is 24.0 Å². The number of hydrogen-bond acceptors (Lipinski definition) is 30. The first kappa shape index (κ1) is 99.6. The molecule has 5 saturated heterocycles. The summed E-state index contributed by atoms with van der Waals surface area (Å²) < 4.78 is 33.5. The lowest BCUT2D eigenvalue weighted by atomic mass is 10.0. The van der Waals surface area contributed by atoms with Crippen LogP contribution in [0.2, 0.25) is 5.15 Å². The first-order valence-corrected chi connectivity index (χ1v) is 56.1. The molecule has 7 atom stereocenters. The minimum Gasteiger partial charge on any atom is -0.469 e. The van der Waals surface area contributed by atoms with Gasteiger partial charge in [-0.25, -0.2) is 49.8 Å². The SMILES string of the molecule is Cc1nc(C)c(-c2cc3c(c(C(C)N4CCOCC4)n2)C(=O)N([C@@H](C)C2CC2)C3)s1.Cc1nc(C)c(-c2cc3c(c(CN4CCOCC4)n2)C(=O)N([C@@H](C)C2CC2)C3)s1.Cc1nc(C)c(-c2cc3c(c(N4CCOC[C@H]4C)n2)C(=O)N([C@@H](C)C2CC2)C3)s1.Cc1nc(C)c(-c2cc3c(c(OC4COC4)n2)C(=O)N([C@@H](C)C2CC2)C3)s1.Cc1nc(Cl)c(-c2cc3c(c(N4CCOCC4)n2)C(=O)N([C@@H](C)C2CC2)C3)s1. The summed E-state index contributed by atoms with van der Waals surface area (Å²) in [5.41, 5.74) is 19.7. The van der Waals surface area contributed by atoms with Gasteiger partial charge in [0.1, 0.15) is 28.5 Å². The summed E-state index contributed by atoms with van der Waals surface area (Å²) in [5.74, 6) is 5.92. The first-order valence-electron chi connectivity index (χ1n) is 51.6. The zero-order valence-corrected chi connectivity index (χ0v) is 90.0. The van der Waals surface area contributed by atoms with Crippen molar-refractivity contribution in [3.63, 3.8) is 0 Å². The second kappa shape index (κ2) is 41.4. The van der Waals surface area contributed by atoms with Crippen molar-refractivity contribution in [2.45, 2.75) is 263 Å². The molecule has 15 aliphatic rings. The fourth-order valence-electron chi connectivity index (χ4n) is 22.2. The van der Waals surface area contributed by atoms with E-state index in [0.717, 1.165) is 246 Å². The van der Waals surface area contributed by atoms with E-state index in [0.29, 0.717) is 143 Å². The van der Waals surface area contributed by atoms with Crippen molar-refractivity contribution in [3.8, 4) is 58.7 Å². The molecular formula is C107H132ClN19O11S5. The molecule has 30 nitrogen and oxygen atoms in total. The van der Waals surface area contributed by atoms with E-state index in [-0.39, 0.29) is 59.8 Å². The molecule has 25 rings (SSSR count). The number of carbonyl (C=O) groups is 5. The minimum atomic E-state index is -0.0242. The summed E-state index contributed by atoms with van der Waals surface area (Å²) >= 11 is 14.6. The molecule has 0 N–H and O–H groups in total. The van der Waals surface area contributed by atoms with Gasteiger partial charge in [0.25, 0.3) is 29.5 Å². The number of halogens is 1. The van der Waals surface area contributed by atoms with Crippen molar-refractivity contribution in [1.82, 2.24) is 84.1 Å². The molecule has 0 spiro atoms. The van der Waals surface area contributed by atoms with Crippen molar-refractivity contribution >= 4 is 109 Å². The highest BCUT2D eigenvalue weighted by Gasteiger charge is 2.49. The van der Waals surface area contributed by atoms with Gasteiger partial charge in [-0.15, -0.1) is 56.7 Å². The molecule has 5 amide bonds. The number of pyridine rings is 5. The van der Waals surface area contributed by atoms with Gasteiger partial charge in [-0.2, -0.15) is 0 Å². The Labute approximate surface area is 862 Å². The van der Waals surface area contributed by atoms with Crippen LogP contribution in [0.4, 0.5) is 11.6 Å². The smallest absolute Gasteiger partial charge is 0.260 e. The van der Waals surface area contributed by atoms with Crippen LogP contribution in [0, 0.1) is 91.9 Å². The van der Waals surface area contributed by atoms with Crippen molar-refractivity contribution in [2.24, 2.45) is 29.6 Å². The predicted octanol–water partition coefficient (Wildman–Crippen LogP) is 18.3. The number of aromatic nitrogens is 10. The molecule has 10 aromatic rings. The van der Waals surface area contributed by atoms with E-state index in [1.165, 1.54) is 64.2 Å². The number of carbonyl (C=O) groups excluding carboxylic acids is 5. The van der Waals surface area contributed by atoms with Crippen molar-refractivity contribution in [3.05, 3.63) is 150 Å². The number of amides is 5. The van der Waals surface area contributed by atoms with E-state index in [1.807, 2.05) is 78.2 Å². The number of anilines is 2. The maximum atomic E-state index is 13.5. The van der Waals surface area contributed by atoms with Crippen LogP contribution in [0.5, 0.6) is 5.88 Å². The molecule has 5 saturated carbocycles. The zero-order chi connectivity index (χ0) is 99.5. The summed E-state index contributed by atoms with van der Waals surface area (Å²) in [4.78, 5) is 139. The molecule has 1 unspecified atom stereocenters. The molecule has 0 radical (unpaired) electrons. The summed E-state index contributed by atoms with van der Waals surface area (Å²) in [5, 5.41) is 5.55. The van der Waals surface area contributed by atoms with Crippen LogP contribution in [0.3, 0.4) is 0 Å². The molecule has 20 heterocycles. The number of thiazole rings is 5. The van der Waals surface area contributed by atoms with Crippen LogP contribution in [0.1, 0.15) is 258 Å². The molecule has 5 aliphatic carbocycles. The maximum Gasteiger partial charge on any atom is 0.260 e. The third kappa shape index (κ3) is 20.7. The fraction of sp³-hybridized carbons (Fsp3) is 0.579. The Hall–Kier alpha value is -9.34. The fourth-order valence-corrected chi connectivity index (χ4v) is 26.8. The molecular weight excluding hydrogens is 1920 g/mol. The summed E-state index contributed by atoms with van der Waals surface area (Å²) in [6.07, 6.45) is 12.3. The van der Waals surface area contributed by atoms with Gasteiger partial charge < -0.3 is 62.7 Å². The Morgan fingerprint density at radius 1 is 0.364 bits per heavy atom. The van der Waals surface area contributed by atoms with Gasteiger partial charge in [0, 0.05) is 115 Å².